The van der Waals surface area contributed by atoms with E-state index in [9.17, 15) is 0 Å². The summed E-state index contributed by atoms with van der Waals surface area (Å²) in [5, 5.41) is 0. The smallest absolute Gasteiger partial charge is 0.104 e. The lowest BCUT2D eigenvalue weighted by atomic mass is 10.2. The SMILES string of the molecule is ClCCCc1ccc(CCCc2ccco2)o1. The highest BCUT2D eigenvalue weighted by atomic mass is 35.5. The van der Waals surface area contributed by atoms with Crippen molar-refractivity contribution in [1.82, 2.24) is 0 Å². The van der Waals surface area contributed by atoms with Gasteiger partial charge in [0.15, 0.2) is 0 Å². The normalized spacial score (nSPS) is 10.9. The van der Waals surface area contributed by atoms with E-state index in [1.165, 1.54) is 0 Å². The van der Waals surface area contributed by atoms with Crippen LogP contribution in [0.15, 0.2) is 39.4 Å². The Hall–Kier alpha value is -1.15. The molecule has 0 aromatic carbocycles. The molecule has 92 valence electrons. The van der Waals surface area contributed by atoms with Crippen LogP contribution in [0.3, 0.4) is 0 Å². The number of rotatable bonds is 7. The number of alkyl halides is 1. The van der Waals surface area contributed by atoms with Crippen LogP contribution >= 0.6 is 11.6 Å². The van der Waals surface area contributed by atoms with Crippen molar-refractivity contribution in [3.8, 4) is 0 Å². The molecule has 0 spiro atoms. The average Bonchev–Trinajstić information content (AvgIpc) is 2.98. The van der Waals surface area contributed by atoms with E-state index in [0.29, 0.717) is 5.88 Å². The highest BCUT2D eigenvalue weighted by Crippen LogP contribution is 2.14. The molecular formula is C14H17ClO2. The lowest BCUT2D eigenvalue weighted by Crippen LogP contribution is -1.87. The Bertz CT molecular complexity index is 417. The van der Waals surface area contributed by atoms with Crippen molar-refractivity contribution >= 4 is 11.6 Å². The highest BCUT2D eigenvalue weighted by Gasteiger charge is 2.03. The number of aryl methyl sites for hydroxylation is 3. The zero-order valence-electron chi connectivity index (χ0n) is 9.82. The van der Waals surface area contributed by atoms with Gasteiger partial charge in [-0.05, 0) is 37.1 Å². The molecule has 0 aliphatic carbocycles. The Morgan fingerprint density at radius 2 is 1.59 bits per heavy atom. The molecule has 0 atom stereocenters. The molecule has 0 bridgehead atoms. The third-order valence-electron chi connectivity index (χ3n) is 2.70. The van der Waals surface area contributed by atoms with Crippen molar-refractivity contribution in [1.29, 1.82) is 0 Å². The summed E-state index contributed by atoms with van der Waals surface area (Å²) in [5.74, 6) is 3.83. The van der Waals surface area contributed by atoms with Crippen molar-refractivity contribution < 1.29 is 8.83 Å². The van der Waals surface area contributed by atoms with Crippen LogP contribution in [0.2, 0.25) is 0 Å². The molecule has 2 nitrogen and oxygen atoms in total. The number of hydrogen-bond donors (Lipinski definition) is 0. The molecule has 0 saturated carbocycles. The van der Waals surface area contributed by atoms with Crippen LogP contribution in [0.1, 0.15) is 30.1 Å². The minimum Gasteiger partial charge on any atom is -0.469 e. The van der Waals surface area contributed by atoms with Crippen molar-refractivity contribution in [3.05, 3.63) is 47.8 Å². The first-order valence-electron chi connectivity index (χ1n) is 6.04. The van der Waals surface area contributed by atoms with E-state index < -0.39 is 0 Å². The van der Waals surface area contributed by atoms with Crippen LogP contribution in [0.25, 0.3) is 0 Å². The van der Waals surface area contributed by atoms with Gasteiger partial charge in [-0.2, -0.15) is 0 Å². The largest absolute Gasteiger partial charge is 0.469 e. The maximum Gasteiger partial charge on any atom is 0.104 e. The molecule has 3 heteroatoms. The van der Waals surface area contributed by atoms with E-state index in [0.717, 1.165) is 49.4 Å². The second-order valence-corrected chi connectivity index (χ2v) is 4.47. The zero-order chi connectivity index (χ0) is 11.9. The van der Waals surface area contributed by atoms with Crippen LogP contribution in [-0.4, -0.2) is 5.88 Å². The predicted octanol–water partition coefficient (Wildman–Crippen LogP) is 4.22. The third-order valence-corrected chi connectivity index (χ3v) is 2.97. The molecule has 17 heavy (non-hydrogen) atoms. The van der Waals surface area contributed by atoms with E-state index in [-0.39, 0.29) is 0 Å². The summed E-state index contributed by atoms with van der Waals surface area (Å²) in [5.41, 5.74) is 0. The fraction of sp³-hybridized carbons (Fsp3) is 0.429. The highest BCUT2D eigenvalue weighted by molar-refractivity contribution is 6.17. The molecule has 0 radical (unpaired) electrons. The Labute approximate surface area is 107 Å². The first kappa shape index (κ1) is 12.3. The molecule has 0 aliphatic rings. The van der Waals surface area contributed by atoms with Crippen molar-refractivity contribution in [2.75, 3.05) is 5.88 Å². The van der Waals surface area contributed by atoms with Gasteiger partial charge in [0.2, 0.25) is 0 Å². The van der Waals surface area contributed by atoms with Gasteiger partial charge in [0.25, 0.3) is 0 Å². The van der Waals surface area contributed by atoms with E-state index >= 15 is 0 Å². The molecule has 0 saturated heterocycles. The summed E-state index contributed by atoms with van der Waals surface area (Å²) in [6, 6.07) is 8.04. The maximum absolute atomic E-state index is 5.72. The topological polar surface area (TPSA) is 26.3 Å². The van der Waals surface area contributed by atoms with Gasteiger partial charge in [0.1, 0.15) is 17.3 Å². The van der Waals surface area contributed by atoms with Crippen LogP contribution in [-0.2, 0) is 19.3 Å². The van der Waals surface area contributed by atoms with Gasteiger partial charge in [0, 0.05) is 25.1 Å². The summed E-state index contributed by atoms with van der Waals surface area (Å²) in [6.45, 7) is 0. The molecule has 0 amide bonds. The first-order valence-corrected chi connectivity index (χ1v) is 6.58. The molecule has 0 N–H and O–H groups in total. The Morgan fingerprint density at radius 1 is 0.882 bits per heavy atom. The minimum atomic E-state index is 0.689. The van der Waals surface area contributed by atoms with Crippen molar-refractivity contribution in [2.24, 2.45) is 0 Å². The first-order chi connectivity index (χ1) is 8.38. The molecule has 0 unspecified atom stereocenters. The van der Waals surface area contributed by atoms with E-state index in [4.69, 9.17) is 20.4 Å². The number of halogens is 1. The van der Waals surface area contributed by atoms with E-state index in [1.807, 2.05) is 12.1 Å². The summed E-state index contributed by atoms with van der Waals surface area (Å²) < 4.78 is 11.0. The summed E-state index contributed by atoms with van der Waals surface area (Å²) in [6.07, 6.45) is 6.59. The summed E-state index contributed by atoms with van der Waals surface area (Å²) in [4.78, 5) is 0. The van der Waals surface area contributed by atoms with Gasteiger partial charge in [-0.25, -0.2) is 0 Å². The second-order valence-electron chi connectivity index (χ2n) is 4.09. The molecule has 2 aromatic rings. The maximum atomic E-state index is 5.72. The zero-order valence-corrected chi connectivity index (χ0v) is 10.6. The molecule has 2 aromatic heterocycles. The van der Waals surface area contributed by atoms with Gasteiger partial charge in [-0.1, -0.05) is 0 Å². The predicted molar refractivity (Wildman–Crippen MR) is 68.5 cm³/mol. The number of hydrogen-bond acceptors (Lipinski definition) is 2. The van der Waals surface area contributed by atoms with Crippen LogP contribution in [0.5, 0.6) is 0 Å². The standard InChI is InChI=1S/C14H17ClO2/c15-10-2-6-14-9-8-13(17-14)5-1-4-12-7-3-11-16-12/h3,7-9,11H,1-2,4-6,10H2. The monoisotopic (exact) mass is 252 g/mol. The quantitative estimate of drug-likeness (QED) is 0.690. The Morgan fingerprint density at radius 3 is 2.24 bits per heavy atom. The Balaban J connectivity index is 1.73. The summed E-state index contributed by atoms with van der Waals surface area (Å²) in [7, 11) is 0. The van der Waals surface area contributed by atoms with Crippen molar-refractivity contribution in [2.45, 2.75) is 32.1 Å². The molecule has 0 fully saturated rings. The fourth-order valence-electron chi connectivity index (χ4n) is 1.82. The number of furan rings is 2. The van der Waals surface area contributed by atoms with Gasteiger partial charge in [0.05, 0.1) is 6.26 Å². The average molecular weight is 253 g/mol. The van der Waals surface area contributed by atoms with Gasteiger partial charge < -0.3 is 8.83 Å². The second kappa shape index (κ2) is 6.55. The Kier molecular flexibility index (Phi) is 4.75. The lowest BCUT2D eigenvalue weighted by molar-refractivity contribution is 0.449. The van der Waals surface area contributed by atoms with Crippen LogP contribution in [0, 0.1) is 0 Å². The molecule has 0 aliphatic heterocycles. The van der Waals surface area contributed by atoms with E-state index in [1.54, 1.807) is 6.26 Å². The van der Waals surface area contributed by atoms with Crippen LogP contribution in [0.4, 0.5) is 0 Å². The molecule has 2 heterocycles. The van der Waals surface area contributed by atoms with E-state index in [2.05, 4.69) is 12.1 Å². The molecule has 2 rings (SSSR count). The fourth-order valence-corrected chi connectivity index (χ4v) is 1.96. The molecular weight excluding hydrogens is 236 g/mol. The summed E-state index contributed by atoms with van der Waals surface area (Å²) >= 11 is 5.65. The van der Waals surface area contributed by atoms with Gasteiger partial charge in [-0.15, -0.1) is 11.6 Å². The lowest BCUT2D eigenvalue weighted by Gasteiger charge is -1.97. The van der Waals surface area contributed by atoms with Crippen molar-refractivity contribution in [3.63, 3.8) is 0 Å². The van der Waals surface area contributed by atoms with Gasteiger partial charge >= 0.3 is 0 Å². The van der Waals surface area contributed by atoms with Crippen LogP contribution < -0.4 is 0 Å². The third kappa shape index (κ3) is 3.97. The van der Waals surface area contributed by atoms with Gasteiger partial charge in [-0.3, -0.25) is 0 Å². The minimum absolute atomic E-state index is 0.689.